The fourth-order valence-electron chi connectivity index (χ4n) is 5.91. The summed E-state index contributed by atoms with van der Waals surface area (Å²) in [5.74, 6) is -0.352. The van der Waals surface area contributed by atoms with Crippen molar-refractivity contribution in [1.82, 2.24) is 10.3 Å². The first-order valence-electron chi connectivity index (χ1n) is 13.3. The lowest BCUT2D eigenvalue weighted by Gasteiger charge is -2.34. The molecule has 5 aromatic rings. The summed E-state index contributed by atoms with van der Waals surface area (Å²) in [4.78, 5) is 20.2. The number of carbonyl (C=O) groups excluding carboxylic acids is 1. The van der Waals surface area contributed by atoms with E-state index < -0.39 is 0 Å². The minimum Gasteiger partial charge on any atom is -0.368 e. The molecule has 0 aliphatic carbocycles. The predicted octanol–water partition coefficient (Wildman–Crippen LogP) is 6.06. The number of pyridine rings is 1. The molecule has 1 aliphatic rings. The molecule has 0 bridgehead atoms. The van der Waals surface area contributed by atoms with Crippen molar-refractivity contribution in [2.45, 2.75) is 26.2 Å². The molecule has 0 atom stereocenters. The van der Waals surface area contributed by atoms with Crippen LogP contribution in [0.15, 0.2) is 73.1 Å². The maximum atomic E-state index is 13.4. The highest BCUT2D eigenvalue weighted by Gasteiger charge is 2.28. The largest absolute Gasteiger partial charge is 0.368 e. The van der Waals surface area contributed by atoms with Crippen molar-refractivity contribution in [3.05, 3.63) is 84.2 Å². The third kappa shape index (κ3) is 4.09. The van der Waals surface area contributed by atoms with Crippen molar-refractivity contribution in [1.29, 1.82) is 0 Å². The van der Waals surface area contributed by atoms with Crippen LogP contribution in [-0.2, 0) is 6.42 Å². The number of unbranched alkanes of at least 4 members (excludes halogenated alkanes) is 1. The van der Waals surface area contributed by atoms with Crippen molar-refractivity contribution in [3.63, 3.8) is 0 Å². The summed E-state index contributed by atoms with van der Waals surface area (Å²) in [6.07, 6.45) is 6.64. The number of hydrogen-bond donors (Lipinski definition) is 2. The molecule has 1 aromatic heterocycles. The van der Waals surface area contributed by atoms with Gasteiger partial charge < -0.3 is 16.0 Å². The molecular weight excluding hydrogens is 456 g/mol. The SMILES string of the molecule is CCCCc1c(C(N)=O)c(N2CCNCC2)c(-c2cccc3ccncc23)c2cc3ccccc3cc12. The summed E-state index contributed by atoms with van der Waals surface area (Å²) in [6.45, 7) is 5.57. The van der Waals surface area contributed by atoms with Crippen LogP contribution in [0.2, 0.25) is 0 Å². The van der Waals surface area contributed by atoms with Crippen molar-refractivity contribution >= 4 is 43.9 Å². The van der Waals surface area contributed by atoms with Crippen LogP contribution >= 0.6 is 0 Å². The van der Waals surface area contributed by atoms with Gasteiger partial charge in [0.25, 0.3) is 5.91 Å². The number of benzene rings is 4. The number of carbonyl (C=O) groups is 1. The van der Waals surface area contributed by atoms with E-state index >= 15 is 0 Å². The van der Waals surface area contributed by atoms with Gasteiger partial charge in [-0.25, -0.2) is 0 Å². The number of aromatic nitrogens is 1. The van der Waals surface area contributed by atoms with Gasteiger partial charge in [0.05, 0.1) is 11.3 Å². The van der Waals surface area contributed by atoms with Gasteiger partial charge in [0.15, 0.2) is 0 Å². The second-order valence-electron chi connectivity index (χ2n) is 9.93. The summed E-state index contributed by atoms with van der Waals surface area (Å²) < 4.78 is 0. The first-order valence-corrected chi connectivity index (χ1v) is 13.3. The van der Waals surface area contributed by atoms with Crippen molar-refractivity contribution in [2.75, 3.05) is 31.1 Å². The van der Waals surface area contributed by atoms with Crippen LogP contribution in [0.3, 0.4) is 0 Å². The maximum Gasteiger partial charge on any atom is 0.251 e. The van der Waals surface area contributed by atoms with Crippen LogP contribution in [0.1, 0.15) is 35.7 Å². The molecule has 0 unspecified atom stereocenters. The van der Waals surface area contributed by atoms with E-state index in [4.69, 9.17) is 5.73 Å². The molecule has 3 N–H and O–H groups in total. The Labute approximate surface area is 217 Å². The van der Waals surface area contributed by atoms with E-state index in [-0.39, 0.29) is 5.91 Å². The van der Waals surface area contributed by atoms with Gasteiger partial charge in [-0.2, -0.15) is 0 Å². The number of nitrogens with one attached hydrogen (secondary N) is 1. The van der Waals surface area contributed by atoms with E-state index in [0.29, 0.717) is 5.56 Å². The van der Waals surface area contributed by atoms with Gasteiger partial charge in [-0.1, -0.05) is 55.8 Å². The van der Waals surface area contributed by atoms with E-state index in [1.165, 1.54) is 16.2 Å². The Balaban J connectivity index is 1.83. The molecular formula is C32H32N4O. The van der Waals surface area contributed by atoms with E-state index in [2.05, 4.69) is 76.7 Å². The van der Waals surface area contributed by atoms with E-state index in [1.54, 1.807) is 0 Å². The van der Waals surface area contributed by atoms with Gasteiger partial charge in [0.2, 0.25) is 0 Å². The van der Waals surface area contributed by atoms with Crippen LogP contribution in [0.25, 0.3) is 43.4 Å². The van der Waals surface area contributed by atoms with Crippen molar-refractivity contribution in [3.8, 4) is 11.1 Å². The van der Waals surface area contributed by atoms with Crippen LogP contribution in [0.5, 0.6) is 0 Å². The Hall–Kier alpha value is -3.96. The van der Waals surface area contributed by atoms with Gasteiger partial charge in [0, 0.05) is 49.5 Å². The zero-order valence-corrected chi connectivity index (χ0v) is 21.3. The third-order valence-electron chi connectivity index (χ3n) is 7.67. The number of amides is 1. The number of rotatable bonds is 6. The lowest BCUT2D eigenvalue weighted by molar-refractivity contribution is 0.1000. The van der Waals surface area contributed by atoms with Crippen molar-refractivity contribution < 1.29 is 4.79 Å². The molecule has 186 valence electrons. The zero-order valence-electron chi connectivity index (χ0n) is 21.3. The Bertz CT molecular complexity index is 1630. The summed E-state index contributed by atoms with van der Waals surface area (Å²) in [5.41, 5.74) is 11.2. The quantitative estimate of drug-likeness (QED) is 0.285. The van der Waals surface area contributed by atoms with Crippen LogP contribution in [0, 0.1) is 0 Å². The van der Waals surface area contributed by atoms with Gasteiger partial charge in [0.1, 0.15) is 0 Å². The second-order valence-corrected chi connectivity index (χ2v) is 9.93. The summed E-state index contributed by atoms with van der Waals surface area (Å²) in [6, 6.07) is 21.5. The highest BCUT2D eigenvalue weighted by atomic mass is 16.1. The molecule has 0 saturated carbocycles. The van der Waals surface area contributed by atoms with E-state index in [1.807, 2.05) is 18.5 Å². The Morgan fingerprint density at radius 2 is 1.68 bits per heavy atom. The van der Waals surface area contributed by atoms with Crippen molar-refractivity contribution in [2.24, 2.45) is 5.73 Å². The lowest BCUT2D eigenvalue weighted by Crippen LogP contribution is -2.44. The first-order chi connectivity index (χ1) is 18.2. The molecule has 2 heterocycles. The topological polar surface area (TPSA) is 71.2 Å². The van der Waals surface area contributed by atoms with Gasteiger partial charge in [-0.15, -0.1) is 0 Å². The molecule has 5 heteroatoms. The number of nitrogens with two attached hydrogens (primary N) is 1. The first kappa shape index (κ1) is 23.4. The van der Waals surface area contributed by atoms with Gasteiger partial charge in [-0.05, 0) is 69.1 Å². The average molecular weight is 489 g/mol. The van der Waals surface area contributed by atoms with Crippen LogP contribution in [0.4, 0.5) is 5.69 Å². The number of anilines is 1. The fraction of sp³-hybridized carbons (Fsp3) is 0.250. The number of hydrogen-bond acceptors (Lipinski definition) is 4. The fourth-order valence-corrected chi connectivity index (χ4v) is 5.91. The summed E-state index contributed by atoms with van der Waals surface area (Å²) in [7, 11) is 0. The minimum absolute atomic E-state index is 0.352. The maximum absolute atomic E-state index is 13.4. The summed E-state index contributed by atoms with van der Waals surface area (Å²) in [5, 5.41) is 10.3. The van der Waals surface area contributed by atoms with Crippen LogP contribution in [-0.4, -0.2) is 37.1 Å². The molecule has 4 aromatic carbocycles. The molecule has 1 fully saturated rings. The molecule has 1 saturated heterocycles. The Kier molecular flexibility index (Phi) is 6.23. The molecule has 5 nitrogen and oxygen atoms in total. The molecule has 0 spiro atoms. The zero-order chi connectivity index (χ0) is 25.4. The Morgan fingerprint density at radius 3 is 2.41 bits per heavy atom. The number of fused-ring (bicyclic) bond motifs is 3. The van der Waals surface area contributed by atoms with Gasteiger partial charge >= 0.3 is 0 Å². The molecule has 6 rings (SSSR count). The molecule has 1 amide bonds. The second kappa shape index (κ2) is 9.83. The summed E-state index contributed by atoms with van der Waals surface area (Å²) >= 11 is 0. The number of nitrogens with zero attached hydrogens (tertiary/aromatic N) is 2. The number of piperazine rings is 1. The smallest absolute Gasteiger partial charge is 0.251 e. The van der Waals surface area contributed by atoms with Crippen LogP contribution < -0.4 is 16.0 Å². The number of aryl methyl sites for hydroxylation is 1. The molecule has 37 heavy (non-hydrogen) atoms. The normalized spacial score (nSPS) is 14.0. The average Bonchev–Trinajstić information content (AvgIpc) is 2.94. The molecule has 1 aliphatic heterocycles. The third-order valence-corrected chi connectivity index (χ3v) is 7.67. The standard InChI is InChI=1S/C32H32N4O/c1-2-3-10-24-26-18-22-7-4-5-8-23(22)19-27(26)29(25-11-6-9-21-12-13-35-20-28(21)25)31(30(24)32(33)37)36-16-14-34-15-17-36/h4-9,11-13,18-20,34H,2-3,10,14-17H2,1H3,(H2,33,37). The molecule has 0 radical (unpaired) electrons. The van der Waals surface area contributed by atoms with E-state index in [0.717, 1.165) is 84.0 Å². The highest BCUT2D eigenvalue weighted by molar-refractivity contribution is 6.19. The Morgan fingerprint density at radius 1 is 0.946 bits per heavy atom. The lowest BCUT2D eigenvalue weighted by atomic mass is 9.84. The van der Waals surface area contributed by atoms with E-state index in [9.17, 15) is 4.79 Å². The highest BCUT2D eigenvalue weighted by Crippen LogP contribution is 2.46. The number of primary amides is 1. The predicted molar refractivity (Wildman–Crippen MR) is 154 cm³/mol. The monoisotopic (exact) mass is 488 g/mol. The van der Waals surface area contributed by atoms with Gasteiger partial charge in [-0.3, -0.25) is 9.78 Å². The minimum atomic E-state index is -0.352.